The number of carbonyl (C=O) groups excluding carboxylic acids is 2. The quantitative estimate of drug-likeness (QED) is 0.497. The predicted molar refractivity (Wildman–Crippen MR) is 49.8 cm³/mol. The molecule has 1 unspecified atom stereocenters. The van der Waals surface area contributed by atoms with E-state index in [4.69, 9.17) is 0 Å². The van der Waals surface area contributed by atoms with Gasteiger partial charge in [-0.1, -0.05) is 5.87 Å². The normalized spacial score (nSPS) is 23.9. The van der Waals surface area contributed by atoms with Gasteiger partial charge in [0.1, 0.15) is 0 Å². The molecule has 1 rings (SSSR count). The van der Waals surface area contributed by atoms with Gasteiger partial charge in [0, 0.05) is 0 Å². The number of hydrogen-bond acceptors (Lipinski definition) is 3. The zero-order valence-electron chi connectivity index (χ0n) is 5.92. The maximum Gasteiger partial charge on any atom is 0.290 e. The average molecular weight is 189 g/mol. The molecule has 0 aliphatic carbocycles. The lowest BCUT2D eigenvalue weighted by Crippen LogP contribution is -2.17. The fourth-order valence-corrected chi connectivity index (χ4v) is 2.23. The minimum Gasteiger partial charge on any atom is -0.282 e. The van der Waals surface area contributed by atoms with Crippen molar-refractivity contribution in [3.63, 3.8) is 0 Å². The molecule has 0 aromatic heterocycles. The van der Waals surface area contributed by atoms with Crippen molar-refractivity contribution in [3.8, 4) is 0 Å². The van der Waals surface area contributed by atoms with E-state index in [0.717, 1.165) is 11.8 Å². The van der Waals surface area contributed by atoms with Crippen LogP contribution in [0.25, 0.3) is 0 Å². The monoisotopic (exact) mass is 189 g/mol. The summed E-state index contributed by atoms with van der Waals surface area (Å²) in [6, 6.07) is 0. The summed E-state index contributed by atoms with van der Waals surface area (Å²) in [4.78, 5) is 22.0. The third-order valence-corrected chi connectivity index (χ3v) is 2.55. The minimum atomic E-state index is -0.303. The fraction of sp³-hybridized carbons (Fsp3) is 0.167. The number of carbonyl (C=O) groups is 2. The molecule has 0 spiro atoms. The van der Waals surface area contributed by atoms with Crippen LogP contribution in [0.4, 0.5) is 4.79 Å². The summed E-state index contributed by atoms with van der Waals surface area (Å²) in [6.07, 6.45) is 1.88. The van der Waals surface area contributed by atoms with E-state index in [9.17, 15) is 9.59 Å². The van der Waals surface area contributed by atoms with Crippen LogP contribution in [0.5, 0.6) is 0 Å². The molecule has 1 N–H and O–H groups in total. The summed E-state index contributed by atoms with van der Waals surface area (Å²) < 4.78 is 0. The van der Waals surface area contributed by atoms with Gasteiger partial charge in [-0.05, 0) is 23.4 Å². The summed E-state index contributed by atoms with van der Waals surface area (Å²) in [7, 11) is -0.187. The van der Waals surface area contributed by atoms with Crippen LogP contribution >= 0.6 is 22.2 Å². The van der Waals surface area contributed by atoms with E-state index in [1.165, 1.54) is 0 Å². The second-order valence-corrected chi connectivity index (χ2v) is 4.65. The topological polar surface area (TPSA) is 46.2 Å². The Hall–Kier alpha value is -0.550. The second-order valence-electron chi connectivity index (χ2n) is 2.02. The lowest BCUT2D eigenvalue weighted by atomic mass is 10.6. The summed E-state index contributed by atoms with van der Waals surface area (Å²) >= 11 is 0.930. The van der Waals surface area contributed by atoms with Crippen molar-refractivity contribution in [2.45, 2.75) is 0 Å². The Bertz CT molecular complexity index is 270. The van der Waals surface area contributed by atoms with Gasteiger partial charge in [0.2, 0.25) is 0 Å². The molecule has 1 saturated heterocycles. The molecule has 0 saturated carbocycles. The van der Waals surface area contributed by atoms with Gasteiger partial charge < -0.3 is 0 Å². The number of nitrogens with one attached hydrogen (secondary N) is 1. The van der Waals surface area contributed by atoms with Crippen molar-refractivity contribution in [2.75, 3.05) is 6.26 Å². The predicted octanol–water partition coefficient (Wildman–Crippen LogP) is 1.14. The molecule has 60 valence electrons. The molecule has 0 radical (unpaired) electrons. The van der Waals surface area contributed by atoms with Gasteiger partial charge in [-0.25, -0.2) is 0 Å². The van der Waals surface area contributed by atoms with Gasteiger partial charge in [0.15, 0.2) is 0 Å². The lowest BCUT2D eigenvalue weighted by molar-refractivity contribution is -0.115. The molecule has 1 atom stereocenters. The number of hydrogen-bond donors (Lipinski definition) is 1. The lowest BCUT2D eigenvalue weighted by Gasteiger charge is -1.89. The van der Waals surface area contributed by atoms with Crippen molar-refractivity contribution in [1.82, 2.24) is 5.32 Å². The van der Waals surface area contributed by atoms with Gasteiger partial charge in [0.05, 0.1) is 4.91 Å². The van der Waals surface area contributed by atoms with Crippen LogP contribution in [0.15, 0.2) is 10.3 Å². The van der Waals surface area contributed by atoms with Gasteiger partial charge in [-0.2, -0.15) is 10.5 Å². The Morgan fingerprint density at radius 3 is 2.64 bits per heavy atom. The molecule has 1 fully saturated rings. The van der Waals surface area contributed by atoms with Crippen LogP contribution in [0.2, 0.25) is 0 Å². The summed E-state index contributed by atoms with van der Waals surface area (Å²) in [6.45, 7) is 0. The van der Waals surface area contributed by atoms with Gasteiger partial charge in [-0.15, -0.1) is 0 Å². The zero-order chi connectivity index (χ0) is 8.43. The summed E-state index contributed by atoms with van der Waals surface area (Å²) in [5, 5.41) is 3.57. The van der Waals surface area contributed by atoms with Crippen LogP contribution in [0.3, 0.4) is 0 Å². The van der Waals surface area contributed by atoms with Crippen LogP contribution in [-0.4, -0.2) is 23.3 Å². The number of thioether (sulfide) groups is 1. The fourth-order valence-electron chi connectivity index (χ4n) is 0.586. The van der Waals surface area contributed by atoms with Crippen LogP contribution in [0.1, 0.15) is 0 Å². The minimum absolute atomic E-state index is 0.187. The van der Waals surface area contributed by atoms with Gasteiger partial charge in [0.25, 0.3) is 11.1 Å². The number of imide groups is 1. The van der Waals surface area contributed by atoms with Crippen molar-refractivity contribution < 1.29 is 9.59 Å². The molecular weight excluding hydrogens is 182 g/mol. The van der Waals surface area contributed by atoms with Crippen LogP contribution in [0, 0.1) is 0 Å². The van der Waals surface area contributed by atoms with E-state index in [2.05, 4.69) is 11.2 Å². The van der Waals surface area contributed by atoms with Crippen molar-refractivity contribution in [3.05, 3.63) is 10.3 Å². The summed E-state index contributed by atoms with van der Waals surface area (Å²) in [5.41, 5.74) is 0. The first kappa shape index (κ1) is 8.55. The van der Waals surface area contributed by atoms with E-state index in [0.29, 0.717) is 4.91 Å². The van der Waals surface area contributed by atoms with Crippen molar-refractivity contribution >= 4 is 39.3 Å². The Labute approximate surface area is 71.2 Å². The Balaban J connectivity index is 2.83. The molecule has 3 nitrogen and oxygen atoms in total. The van der Waals surface area contributed by atoms with Gasteiger partial charge in [-0.3, -0.25) is 14.9 Å². The SMILES string of the molecule is C=S(C)/C=C1\SC(=O)NC1=O. The van der Waals surface area contributed by atoms with Gasteiger partial charge >= 0.3 is 0 Å². The largest absolute Gasteiger partial charge is 0.290 e. The highest BCUT2D eigenvalue weighted by Crippen LogP contribution is 2.26. The average Bonchev–Trinajstić information content (AvgIpc) is 2.09. The zero-order valence-corrected chi connectivity index (χ0v) is 7.55. The Morgan fingerprint density at radius 2 is 2.27 bits per heavy atom. The van der Waals surface area contributed by atoms with E-state index >= 15 is 0 Å². The first-order valence-corrected chi connectivity index (χ1v) is 5.47. The smallest absolute Gasteiger partial charge is 0.282 e. The maximum atomic E-state index is 10.9. The molecule has 1 aliphatic heterocycles. The molecule has 11 heavy (non-hydrogen) atoms. The highest BCUT2D eigenvalue weighted by atomic mass is 32.2. The van der Waals surface area contributed by atoms with E-state index in [1.807, 2.05) is 6.26 Å². The first-order valence-electron chi connectivity index (χ1n) is 2.79. The highest BCUT2D eigenvalue weighted by molar-refractivity contribution is 8.20. The molecule has 2 amide bonds. The molecular formula is C6H7NO2S2. The molecule has 5 heteroatoms. The number of amides is 2. The highest BCUT2D eigenvalue weighted by Gasteiger charge is 2.24. The van der Waals surface area contributed by atoms with E-state index < -0.39 is 0 Å². The third kappa shape index (κ3) is 2.20. The molecule has 0 aromatic carbocycles. The summed E-state index contributed by atoms with van der Waals surface area (Å²) in [5.74, 6) is 3.41. The first-order chi connectivity index (χ1) is 5.09. The molecule has 1 aliphatic rings. The van der Waals surface area contributed by atoms with Crippen molar-refractivity contribution in [2.24, 2.45) is 0 Å². The number of rotatable bonds is 1. The Kier molecular flexibility index (Phi) is 2.51. The Morgan fingerprint density at radius 1 is 1.64 bits per heavy atom. The van der Waals surface area contributed by atoms with Crippen LogP contribution in [-0.2, 0) is 4.79 Å². The standard InChI is InChI=1S/C6H7NO2S2/c1-11(2)3-4-5(8)7-6(9)10-4/h3H,1H2,2H3,(H,7,8,9)/b4-3-. The molecule has 0 aromatic rings. The van der Waals surface area contributed by atoms with Crippen LogP contribution < -0.4 is 5.32 Å². The second kappa shape index (κ2) is 3.23. The maximum absolute atomic E-state index is 10.9. The van der Waals surface area contributed by atoms with E-state index in [1.54, 1.807) is 5.41 Å². The van der Waals surface area contributed by atoms with E-state index in [-0.39, 0.29) is 21.6 Å². The molecule has 0 bridgehead atoms. The third-order valence-electron chi connectivity index (χ3n) is 0.950. The van der Waals surface area contributed by atoms with Crippen molar-refractivity contribution in [1.29, 1.82) is 0 Å². The molecule has 1 heterocycles.